The average molecular weight is 426 g/mol. The Labute approximate surface area is 183 Å². The lowest BCUT2D eigenvalue weighted by atomic mass is 10.1. The molecular weight excluding hydrogens is 394 g/mol. The number of amides is 1. The molecular formula is C23H31N5O3. The number of piperazine rings is 1. The van der Waals surface area contributed by atoms with Crippen molar-refractivity contribution in [2.24, 2.45) is 0 Å². The molecule has 4 rings (SSSR count). The Hall–Kier alpha value is -2.71. The summed E-state index contributed by atoms with van der Waals surface area (Å²) in [7, 11) is 0. The van der Waals surface area contributed by atoms with Gasteiger partial charge in [-0.15, -0.1) is 0 Å². The monoisotopic (exact) mass is 425 g/mol. The van der Waals surface area contributed by atoms with Crippen molar-refractivity contribution in [3.63, 3.8) is 0 Å². The van der Waals surface area contributed by atoms with Gasteiger partial charge in [0.1, 0.15) is 11.6 Å². The summed E-state index contributed by atoms with van der Waals surface area (Å²) in [5.41, 5.74) is 2.11. The van der Waals surface area contributed by atoms with Gasteiger partial charge in [-0.3, -0.25) is 14.7 Å². The smallest absolute Gasteiger partial charge is 0.260 e. The Morgan fingerprint density at radius 2 is 1.74 bits per heavy atom. The number of benzene rings is 1. The summed E-state index contributed by atoms with van der Waals surface area (Å²) in [6, 6.07) is 7.72. The van der Waals surface area contributed by atoms with Crippen molar-refractivity contribution in [2.45, 2.75) is 32.4 Å². The summed E-state index contributed by atoms with van der Waals surface area (Å²) in [6.45, 7) is 7.40. The van der Waals surface area contributed by atoms with Gasteiger partial charge in [0.15, 0.2) is 6.61 Å². The Kier molecular flexibility index (Phi) is 6.99. The predicted molar refractivity (Wildman–Crippen MR) is 118 cm³/mol. The maximum absolute atomic E-state index is 12.5. The standard InChI is InChI=1S/C23H31N5O3/c1-18-2-4-21(5-3-18)31-17-23(30)28-12-10-27(11-13-28)22-15-24-19(14-25-22)16-26-8-6-20(29)7-9-26/h2-5,14-15,20,29H,6-13,16-17H2,1H3. The van der Waals surface area contributed by atoms with E-state index in [0.717, 1.165) is 62.6 Å². The van der Waals surface area contributed by atoms with Crippen LogP contribution >= 0.6 is 0 Å². The van der Waals surface area contributed by atoms with Gasteiger partial charge in [0.2, 0.25) is 0 Å². The van der Waals surface area contributed by atoms with Crippen molar-refractivity contribution < 1.29 is 14.6 Å². The number of anilines is 1. The number of aliphatic hydroxyl groups is 1. The van der Waals surface area contributed by atoms with Gasteiger partial charge in [-0.2, -0.15) is 0 Å². The Bertz CT molecular complexity index is 843. The van der Waals surface area contributed by atoms with Crippen LogP contribution in [0.1, 0.15) is 24.1 Å². The molecule has 166 valence electrons. The van der Waals surface area contributed by atoms with Crippen LogP contribution in [-0.4, -0.2) is 82.8 Å². The van der Waals surface area contributed by atoms with E-state index >= 15 is 0 Å². The number of likely N-dealkylation sites (tertiary alicyclic amines) is 1. The van der Waals surface area contributed by atoms with Gasteiger partial charge in [0.05, 0.1) is 24.2 Å². The van der Waals surface area contributed by atoms with Crippen LogP contribution in [0.2, 0.25) is 0 Å². The van der Waals surface area contributed by atoms with Crippen molar-refractivity contribution in [1.82, 2.24) is 19.8 Å². The van der Waals surface area contributed by atoms with Gasteiger partial charge in [0, 0.05) is 45.8 Å². The maximum Gasteiger partial charge on any atom is 0.260 e. The molecule has 0 spiro atoms. The zero-order chi connectivity index (χ0) is 21.6. The highest BCUT2D eigenvalue weighted by atomic mass is 16.5. The van der Waals surface area contributed by atoms with Gasteiger partial charge in [-0.05, 0) is 31.9 Å². The zero-order valence-corrected chi connectivity index (χ0v) is 18.1. The van der Waals surface area contributed by atoms with Crippen LogP contribution in [0.4, 0.5) is 5.82 Å². The molecule has 3 heterocycles. The fraction of sp³-hybridized carbons (Fsp3) is 0.522. The van der Waals surface area contributed by atoms with Gasteiger partial charge >= 0.3 is 0 Å². The van der Waals surface area contributed by atoms with E-state index in [2.05, 4.69) is 19.8 Å². The second kappa shape index (κ2) is 10.1. The van der Waals surface area contributed by atoms with E-state index in [4.69, 9.17) is 4.74 Å². The summed E-state index contributed by atoms with van der Waals surface area (Å²) in [4.78, 5) is 28.0. The molecule has 2 aliphatic heterocycles. The number of ether oxygens (including phenoxy) is 1. The minimum Gasteiger partial charge on any atom is -0.484 e. The molecule has 31 heavy (non-hydrogen) atoms. The normalized spacial score (nSPS) is 18.3. The molecule has 1 amide bonds. The first-order valence-electron chi connectivity index (χ1n) is 11.0. The third-order valence-corrected chi connectivity index (χ3v) is 5.97. The molecule has 0 radical (unpaired) electrons. The Morgan fingerprint density at radius 3 is 2.39 bits per heavy atom. The van der Waals surface area contributed by atoms with Crippen molar-refractivity contribution in [3.8, 4) is 5.75 Å². The van der Waals surface area contributed by atoms with Crippen LogP contribution in [0, 0.1) is 6.92 Å². The van der Waals surface area contributed by atoms with Crippen molar-refractivity contribution in [2.75, 3.05) is 50.8 Å². The lowest BCUT2D eigenvalue weighted by Gasteiger charge is -2.35. The van der Waals surface area contributed by atoms with E-state index in [0.29, 0.717) is 18.8 Å². The second-order valence-electron chi connectivity index (χ2n) is 8.34. The van der Waals surface area contributed by atoms with E-state index in [1.165, 1.54) is 0 Å². The summed E-state index contributed by atoms with van der Waals surface area (Å²) in [5, 5.41) is 9.63. The third-order valence-electron chi connectivity index (χ3n) is 5.97. The number of aryl methyl sites for hydroxylation is 1. The first-order chi connectivity index (χ1) is 15.1. The number of nitrogens with zero attached hydrogens (tertiary/aromatic N) is 5. The molecule has 0 saturated carbocycles. The third kappa shape index (κ3) is 5.92. The van der Waals surface area contributed by atoms with Crippen LogP contribution in [0.15, 0.2) is 36.7 Å². The SMILES string of the molecule is Cc1ccc(OCC(=O)N2CCN(c3cnc(CN4CCC(O)CC4)cn3)CC2)cc1. The number of hydrogen-bond donors (Lipinski definition) is 1. The van der Waals surface area contributed by atoms with E-state index in [1.54, 1.807) is 0 Å². The van der Waals surface area contributed by atoms with Crippen LogP contribution in [0.3, 0.4) is 0 Å². The number of piperidine rings is 1. The second-order valence-corrected chi connectivity index (χ2v) is 8.34. The number of hydrogen-bond acceptors (Lipinski definition) is 7. The molecule has 0 bridgehead atoms. The quantitative estimate of drug-likeness (QED) is 0.751. The first-order valence-corrected chi connectivity index (χ1v) is 11.0. The molecule has 1 N–H and O–H groups in total. The van der Waals surface area contributed by atoms with Gasteiger partial charge in [-0.1, -0.05) is 17.7 Å². The van der Waals surface area contributed by atoms with Crippen molar-refractivity contribution in [3.05, 3.63) is 47.9 Å². The Balaban J connectivity index is 1.21. The van der Waals surface area contributed by atoms with E-state index in [9.17, 15) is 9.90 Å². The van der Waals surface area contributed by atoms with Crippen LogP contribution in [0.5, 0.6) is 5.75 Å². The molecule has 2 aromatic rings. The Morgan fingerprint density at radius 1 is 1.03 bits per heavy atom. The fourth-order valence-corrected chi connectivity index (χ4v) is 3.96. The van der Waals surface area contributed by atoms with Crippen LogP contribution in [-0.2, 0) is 11.3 Å². The molecule has 8 heteroatoms. The largest absolute Gasteiger partial charge is 0.484 e. The number of aliphatic hydroxyl groups excluding tert-OH is 1. The minimum atomic E-state index is -0.163. The zero-order valence-electron chi connectivity index (χ0n) is 18.1. The number of aromatic nitrogens is 2. The number of rotatable bonds is 6. The molecule has 0 unspecified atom stereocenters. The van der Waals surface area contributed by atoms with E-state index in [1.807, 2.05) is 48.5 Å². The summed E-state index contributed by atoms with van der Waals surface area (Å²) in [5.74, 6) is 1.57. The average Bonchev–Trinajstić information content (AvgIpc) is 2.81. The topological polar surface area (TPSA) is 82.0 Å². The van der Waals surface area contributed by atoms with Gasteiger partial charge in [0.25, 0.3) is 5.91 Å². The number of carbonyl (C=O) groups excluding carboxylic acids is 1. The molecule has 2 fully saturated rings. The van der Waals surface area contributed by atoms with Crippen LogP contribution < -0.4 is 9.64 Å². The molecule has 1 aromatic carbocycles. The molecule has 8 nitrogen and oxygen atoms in total. The van der Waals surface area contributed by atoms with Gasteiger partial charge in [-0.25, -0.2) is 4.98 Å². The van der Waals surface area contributed by atoms with Crippen molar-refractivity contribution in [1.29, 1.82) is 0 Å². The highest BCUT2D eigenvalue weighted by Crippen LogP contribution is 2.16. The van der Waals surface area contributed by atoms with Crippen LogP contribution in [0.25, 0.3) is 0 Å². The summed E-state index contributed by atoms with van der Waals surface area (Å²) in [6.07, 6.45) is 5.15. The molecule has 0 aliphatic carbocycles. The van der Waals surface area contributed by atoms with Crippen molar-refractivity contribution >= 4 is 11.7 Å². The maximum atomic E-state index is 12.5. The minimum absolute atomic E-state index is 0.00769. The summed E-state index contributed by atoms with van der Waals surface area (Å²) >= 11 is 0. The highest BCUT2D eigenvalue weighted by Gasteiger charge is 2.23. The first kappa shape index (κ1) is 21.5. The molecule has 2 aliphatic rings. The van der Waals surface area contributed by atoms with E-state index < -0.39 is 0 Å². The molecule has 0 atom stereocenters. The predicted octanol–water partition coefficient (Wildman–Crippen LogP) is 1.47. The lowest BCUT2D eigenvalue weighted by Crippen LogP contribution is -2.50. The fourth-order valence-electron chi connectivity index (χ4n) is 3.96. The highest BCUT2D eigenvalue weighted by molar-refractivity contribution is 5.78. The lowest BCUT2D eigenvalue weighted by molar-refractivity contribution is -0.133. The number of carbonyl (C=O) groups is 1. The van der Waals surface area contributed by atoms with Gasteiger partial charge < -0.3 is 19.6 Å². The molecule has 2 saturated heterocycles. The summed E-state index contributed by atoms with van der Waals surface area (Å²) < 4.78 is 5.62. The molecule has 1 aromatic heterocycles. The van der Waals surface area contributed by atoms with E-state index in [-0.39, 0.29) is 18.6 Å².